The lowest BCUT2D eigenvalue weighted by atomic mass is 9.79. The molecule has 0 spiro atoms. The van der Waals surface area contributed by atoms with Gasteiger partial charge in [0.05, 0.1) is 0 Å². The van der Waals surface area contributed by atoms with Crippen molar-refractivity contribution in [2.75, 3.05) is 0 Å². The molecule has 0 bridgehead atoms. The molecule has 0 radical (unpaired) electrons. The van der Waals surface area contributed by atoms with Crippen LogP contribution in [0.25, 0.3) is 0 Å². The summed E-state index contributed by atoms with van der Waals surface area (Å²) in [4.78, 5) is 10.9. The summed E-state index contributed by atoms with van der Waals surface area (Å²) < 4.78 is 13.9. The second kappa shape index (κ2) is 3.13. The number of rotatable bonds is 1. The highest BCUT2D eigenvalue weighted by Gasteiger charge is 2.41. The third-order valence-electron chi connectivity index (χ3n) is 2.48. The van der Waals surface area contributed by atoms with Crippen LogP contribution in [0.1, 0.15) is 33.1 Å². The van der Waals surface area contributed by atoms with Gasteiger partial charge in [0.1, 0.15) is 0 Å². The maximum atomic E-state index is 13.9. The van der Waals surface area contributed by atoms with Gasteiger partial charge in [-0.15, -0.1) is 0 Å². The molecule has 1 rings (SSSR count). The molecule has 2 nitrogen and oxygen atoms in total. The molecule has 1 atom stereocenters. The van der Waals surface area contributed by atoms with Crippen LogP contribution >= 0.6 is 0 Å². The summed E-state index contributed by atoms with van der Waals surface area (Å²) >= 11 is 0. The molecule has 0 aliphatic heterocycles. The lowest BCUT2D eigenvalue weighted by Gasteiger charge is -2.29. The fourth-order valence-corrected chi connectivity index (χ4v) is 1.76. The lowest BCUT2D eigenvalue weighted by molar-refractivity contribution is -0.131. The number of primary amides is 1. The Morgan fingerprint density at radius 3 is 2.46 bits per heavy atom. The normalized spacial score (nSPS) is 32.5. The van der Waals surface area contributed by atoms with E-state index in [-0.39, 0.29) is 18.3 Å². The first-order chi connectivity index (χ1) is 5.86. The smallest absolute Gasteiger partial charge is 0.255 e. The van der Waals surface area contributed by atoms with E-state index in [4.69, 9.17) is 5.73 Å². The summed E-state index contributed by atoms with van der Waals surface area (Å²) in [5, 5.41) is 0. The van der Waals surface area contributed by atoms with Crippen molar-refractivity contribution in [3.63, 3.8) is 0 Å². The Balaban J connectivity index is 2.89. The number of hydrogen-bond donors (Lipinski definition) is 1. The van der Waals surface area contributed by atoms with E-state index in [9.17, 15) is 9.18 Å². The van der Waals surface area contributed by atoms with Gasteiger partial charge in [0.25, 0.3) is 5.91 Å². The van der Waals surface area contributed by atoms with Crippen LogP contribution in [0, 0.1) is 5.41 Å². The minimum Gasteiger partial charge on any atom is -0.367 e. The molecule has 0 aromatic carbocycles. The summed E-state index contributed by atoms with van der Waals surface area (Å²) in [6.45, 7) is 3.89. The van der Waals surface area contributed by atoms with E-state index in [1.807, 2.05) is 19.9 Å². The number of allylic oxidation sites excluding steroid dienone is 2. The Hall–Kier alpha value is -0.860. The Kier molecular flexibility index (Phi) is 2.46. The standard InChI is InChI=1S/C10H16FNO/c1-9(2)5-3-4-6-10(11,7-9)8(12)13/h3-4H,5-7H2,1-2H3,(H2,12,13)/t10-/m0/s1. The van der Waals surface area contributed by atoms with Crippen molar-refractivity contribution in [3.8, 4) is 0 Å². The molecular weight excluding hydrogens is 169 g/mol. The van der Waals surface area contributed by atoms with Gasteiger partial charge < -0.3 is 5.73 Å². The van der Waals surface area contributed by atoms with E-state index in [0.717, 1.165) is 6.42 Å². The molecule has 0 aromatic rings. The van der Waals surface area contributed by atoms with Crippen molar-refractivity contribution in [1.82, 2.24) is 0 Å². The van der Waals surface area contributed by atoms with Crippen molar-refractivity contribution < 1.29 is 9.18 Å². The third kappa shape index (κ3) is 2.29. The molecule has 1 aliphatic rings. The average molecular weight is 185 g/mol. The minimum atomic E-state index is -1.85. The molecule has 0 heterocycles. The third-order valence-corrected chi connectivity index (χ3v) is 2.48. The molecule has 0 saturated carbocycles. The van der Waals surface area contributed by atoms with Crippen LogP contribution in [-0.4, -0.2) is 11.6 Å². The number of alkyl halides is 1. The lowest BCUT2D eigenvalue weighted by Crippen LogP contribution is -2.42. The summed E-state index contributed by atoms with van der Waals surface area (Å²) in [7, 11) is 0. The van der Waals surface area contributed by atoms with Crippen molar-refractivity contribution >= 4 is 5.91 Å². The van der Waals surface area contributed by atoms with Crippen LogP contribution < -0.4 is 5.73 Å². The van der Waals surface area contributed by atoms with Gasteiger partial charge in [-0.3, -0.25) is 4.79 Å². The van der Waals surface area contributed by atoms with Crippen LogP contribution in [0.5, 0.6) is 0 Å². The van der Waals surface area contributed by atoms with Crippen LogP contribution in [-0.2, 0) is 4.79 Å². The van der Waals surface area contributed by atoms with Gasteiger partial charge in [0.2, 0.25) is 0 Å². The van der Waals surface area contributed by atoms with Gasteiger partial charge >= 0.3 is 0 Å². The van der Waals surface area contributed by atoms with E-state index in [2.05, 4.69) is 0 Å². The van der Waals surface area contributed by atoms with Crippen LogP contribution in [0.4, 0.5) is 4.39 Å². The molecule has 2 N–H and O–H groups in total. The number of amides is 1. The molecule has 1 aliphatic carbocycles. The average Bonchev–Trinajstić information content (AvgIpc) is 2.09. The van der Waals surface area contributed by atoms with Gasteiger partial charge in [0, 0.05) is 6.42 Å². The highest BCUT2D eigenvalue weighted by atomic mass is 19.1. The quantitative estimate of drug-likeness (QED) is 0.623. The van der Waals surface area contributed by atoms with Crippen molar-refractivity contribution in [2.24, 2.45) is 11.1 Å². The number of carbonyl (C=O) groups is 1. The molecule has 1 amide bonds. The van der Waals surface area contributed by atoms with Gasteiger partial charge in [-0.25, -0.2) is 4.39 Å². The zero-order valence-electron chi connectivity index (χ0n) is 8.14. The van der Waals surface area contributed by atoms with E-state index in [0.29, 0.717) is 0 Å². The monoisotopic (exact) mass is 185 g/mol. The highest BCUT2D eigenvalue weighted by Crippen LogP contribution is 2.38. The molecule has 0 unspecified atom stereocenters. The van der Waals surface area contributed by atoms with E-state index < -0.39 is 11.6 Å². The number of carbonyl (C=O) groups excluding carboxylic acids is 1. The number of hydrogen-bond acceptors (Lipinski definition) is 1. The van der Waals surface area contributed by atoms with Crippen molar-refractivity contribution in [3.05, 3.63) is 12.2 Å². The Morgan fingerprint density at radius 2 is 1.92 bits per heavy atom. The summed E-state index contributed by atoms with van der Waals surface area (Å²) in [5.41, 5.74) is 3.01. The van der Waals surface area contributed by atoms with E-state index in [1.165, 1.54) is 0 Å². The first-order valence-corrected chi connectivity index (χ1v) is 4.50. The molecular formula is C10H16FNO. The highest BCUT2D eigenvalue weighted by molar-refractivity contribution is 5.83. The van der Waals surface area contributed by atoms with Crippen LogP contribution in [0.2, 0.25) is 0 Å². The largest absolute Gasteiger partial charge is 0.367 e. The Bertz CT molecular complexity index is 247. The van der Waals surface area contributed by atoms with E-state index in [1.54, 1.807) is 6.08 Å². The second-order valence-electron chi connectivity index (χ2n) is 4.55. The SMILES string of the molecule is CC1(C)CC=CC[C@@](F)(C(N)=O)C1. The van der Waals surface area contributed by atoms with Gasteiger partial charge in [-0.05, 0) is 18.3 Å². The van der Waals surface area contributed by atoms with Gasteiger partial charge in [-0.2, -0.15) is 0 Å². The second-order valence-corrected chi connectivity index (χ2v) is 4.55. The summed E-state index contributed by atoms with van der Waals surface area (Å²) in [6.07, 6.45) is 4.75. The summed E-state index contributed by atoms with van der Waals surface area (Å²) in [5.74, 6) is -0.841. The molecule has 0 fully saturated rings. The first-order valence-electron chi connectivity index (χ1n) is 4.50. The molecule has 74 valence electrons. The molecule has 13 heavy (non-hydrogen) atoms. The topological polar surface area (TPSA) is 43.1 Å². The zero-order chi connectivity index (χ0) is 10.1. The number of halogens is 1. The zero-order valence-corrected chi connectivity index (χ0v) is 8.14. The van der Waals surface area contributed by atoms with Crippen molar-refractivity contribution in [2.45, 2.75) is 38.8 Å². The first kappa shape index (κ1) is 10.2. The van der Waals surface area contributed by atoms with Gasteiger partial charge in [-0.1, -0.05) is 26.0 Å². The fourth-order valence-electron chi connectivity index (χ4n) is 1.76. The van der Waals surface area contributed by atoms with Gasteiger partial charge in [0.15, 0.2) is 5.67 Å². The number of nitrogens with two attached hydrogens (primary N) is 1. The van der Waals surface area contributed by atoms with Crippen molar-refractivity contribution in [1.29, 1.82) is 0 Å². The Labute approximate surface area is 78.0 Å². The summed E-state index contributed by atoms with van der Waals surface area (Å²) in [6, 6.07) is 0. The Morgan fingerprint density at radius 1 is 1.38 bits per heavy atom. The maximum Gasteiger partial charge on any atom is 0.255 e. The minimum absolute atomic E-state index is 0.117. The molecule has 0 saturated heterocycles. The van der Waals surface area contributed by atoms with E-state index >= 15 is 0 Å². The predicted molar refractivity (Wildman–Crippen MR) is 49.8 cm³/mol. The van der Waals surface area contributed by atoms with Crippen LogP contribution in [0.15, 0.2) is 12.2 Å². The fraction of sp³-hybridized carbons (Fsp3) is 0.700. The van der Waals surface area contributed by atoms with Crippen LogP contribution in [0.3, 0.4) is 0 Å². The molecule has 3 heteroatoms. The molecule has 0 aromatic heterocycles. The maximum absolute atomic E-state index is 13.9. The predicted octanol–water partition coefficient (Wildman–Crippen LogP) is 1.95.